The third-order valence-corrected chi connectivity index (χ3v) is 4.73. The Hall–Kier alpha value is -1.07. The lowest BCUT2D eigenvalue weighted by Gasteiger charge is -2.39. The summed E-state index contributed by atoms with van der Waals surface area (Å²) in [5.41, 5.74) is 13.6. The number of carbonyl (C=O) groups is 1. The van der Waals surface area contributed by atoms with Crippen LogP contribution in [0.15, 0.2) is 22.7 Å². The summed E-state index contributed by atoms with van der Waals surface area (Å²) in [7, 11) is 0. The molecule has 0 saturated carbocycles. The molecule has 20 heavy (non-hydrogen) atoms. The fourth-order valence-corrected chi connectivity index (χ4v) is 3.34. The SMILES string of the molecule is CC(N)c1ccc(N2CC(C(N)=O)CCC2C)c(Br)c1. The van der Waals surface area contributed by atoms with Crippen LogP contribution >= 0.6 is 15.9 Å². The number of nitrogens with two attached hydrogens (primary N) is 2. The van der Waals surface area contributed by atoms with Crippen LogP contribution in [0, 0.1) is 5.92 Å². The Morgan fingerprint density at radius 3 is 2.70 bits per heavy atom. The van der Waals surface area contributed by atoms with Gasteiger partial charge in [0.2, 0.25) is 5.91 Å². The highest BCUT2D eigenvalue weighted by Crippen LogP contribution is 2.34. The summed E-state index contributed by atoms with van der Waals surface area (Å²) in [6, 6.07) is 6.59. The van der Waals surface area contributed by atoms with Gasteiger partial charge in [0.1, 0.15) is 0 Å². The minimum absolute atomic E-state index is 0.0116. The summed E-state index contributed by atoms with van der Waals surface area (Å²) in [4.78, 5) is 13.7. The average molecular weight is 340 g/mol. The molecule has 1 aromatic carbocycles. The maximum Gasteiger partial charge on any atom is 0.222 e. The molecule has 1 amide bonds. The van der Waals surface area contributed by atoms with Gasteiger partial charge in [-0.15, -0.1) is 0 Å². The van der Waals surface area contributed by atoms with Crippen molar-refractivity contribution in [2.45, 2.75) is 38.8 Å². The highest BCUT2D eigenvalue weighted by molar-refractivity contribution is 9.10. The van der Waals surface area contributed by atoms with E-state index < -0.39 is 0 Å². The lowest BCUT2D eigenvalue weighted by atomic mass is 9.92. The van der Waals surface area contributed by atoms with Crippen molar-refractivity contribution in [1.29, 1.82) is 0 Å². The molecule has 1 saturated heterocycles. The topological polar surface area (TPSA) is 72.3 Å². The molecule has 3 atom stereocenters. The Labute approximate surface area is 128 Å². The molecule has 5 heteroatoms. The van der Waals surface area contributed by atoms with Crippen LogP contribution in [0.4, 0.5) is 5.69 Å². The number of benzene rings is 1. The Morgan fingerprint density at radius 2 is 2.15 bits per heavy atom. The minimum Gasteiger partial charge on any atom is -0.369 e. The smallest absolute Gasteiger partial charge is 0.222 e. The van der Waals surface area contributed by atoms with Crippen molar-refractivity contribution in [2.24, 2.45) is 17.4 Å². The van der Waals surface area contributed by atoms with E-state index in [1.165, 1.54) is 0 Å². The van der Waals surface area contributed by atoms with Crippen LogP contribution in [0.3, 0.4) is 0 Å². The quantitative estimate of drug-likeness (QED) is 0.888. The van der Waals surface area contributed by atoms with E-state index in [1.54, 1.807) is 0 Å². The lowest BCUT2D eigenvalue weighted by molar-refractivity contribution is -0.122. The summed E-state index contributed by atoms with van der Waals surface area (Å²) in [5.74, 6) is -0.267. The van der Waals surface area contributed by atoms with Gasteiger partial charge in [-0.1, -0.05) is 6.07 Å². The van der Waals surface area contributed by atoms with Crippen molar-refractivity contribution >= 4 is 27.5 Å². The summed E-state index contributed by atoms with van der Waals surface area (Å²) in [6.07, 6.45) is 1.86. The molecule has 4 N–H and O–H groups in total. The molecule has 0 spiro atoms. The zero-order chi connectivity index (χ0) is 14.9. The molecule has 2 rings (SSSR count). The van der Waals surface area contributed by atoms with Gasteiger partial charge in [0.15, 0.2) is 0 Å². The minimum atomic E-state index is -0.203. The number of rotatable bonds is 3. The molecule has 0 aliphatic carbocycles. The number of piperidine rings is 1. The Balaban J connectivity index is 2.27. The van der Waals surface area contributed by atoms with Crippen molar-refractivity contribution in [1.82, 2.24) is 0 Å². The first-order valence-corrected chi connectivity index (χ1v) is 7.80. The molecule has 3 unspecified atom stereocenters. The summed E-state index contributed by atoms with van der Waals surface area (Å²) >= 11 is 3.62. The Kier molecular flexibility index (Phi) is 4.70. The van der Waals surface area contributed by atoms with E-state index in [0.29, 0.717) is 12.6 Å². The normalized spacial score (nSPS) is 24.5. The van der Waals surface area contributed by atoms with Crippen molar-refractivity contribution in [2.75, 3.05) is 11.4 Å². The number of amides is 1. The highest BCUT2D eigenvalue weighted by Gasteiger charge is 2.29. The molecular weight excluding hydrogens is 318 g/mol. The van der Waals surface area contributed by atoms with Crippen LogP contribution in [0.5, 0.6) is 0 Å². The predicted octanol–water partition coefficient (Wildman–Crippen LogP) is 2.56. The molecule has 0 radical (unpaired) electrons. The second-order valence-corrected chi connectivity index (χ2v) is 6.53. The van der Waals surface area contributed by atoms with Gasteiger partial charge in [0.05, 0.1) is 11.6 Å². The number of carbonyl (C=O) groups excluding carboxylic acids is 1. The molecule has 1 aliphatic heterocycles. The summed E-state index contributed by atoms with van der Waals surface area (Å²) < 4.78 is 1.02. The maximum atomic E-state index is 11.4. The van der Waals surface area contributed by atoms with Crippen LogP contribution in [-0.4, -0.2) is 18.5 Å². The van der Waals surface area contributed by atoms with Gasteiger partial charge in [-0.25, -0.2) is 0 Å². The number of halogens is 1. The third kappa shape index (κ3) is 3.15. The monoisotopic (exact) mass is 339 g/mol. The first-order valence-electron chi connectivity index (χ1n) is 7.01. The van der Waals surface area contributed by atoms with E-state index in [2.05, 4.69) is 39.9 Å². The second-order valence-electron chi connectivity index (χ2n) is 5.68. The van der Waals surface area contributed by atoms with Gasteiger partial charge in [-0.05, 0) is 60.3 Å². The molecule has 1 heterocycles. The van der Waals surface area contributed by atoms with E-state index in [1.807, 2.05) is 13.0 Å². The first-order chi connectivity index (χ1) is 9.40. The summed E-state index contributed by atoms with van der Waals surface area (Å²) in [6.45, 7) is 4.84. The van der Waals surface area contributed by atoms with Crippen LogP contribution in [0.2, 0.25) is 0 Å². The number of hydrogen-bond acceptors (Lipinski definition) is 3. The molecule has 1 aliphatic rings. The van der Waals surface area contributed by atoms with Gasteiger partial charge in [-0.2, -0.15) is 0 Å². The fourth-order valence-electron chi connectivity index (χ4n) is 2.71. The summed E-state index contributed by atoms with van der Waals surface area (Å²) in [5, 5.41) is 0. The van der Waals surface area contributed by atoms with Crippen LogP contribution in [0.1, 0.15) is 38.3 Å². The molecule has 0 aromatic heterocycles. The zero-order valence-electron chi connectivity index (χ0n) is 12.0. The average Bonchev–Trinajstić information content (AvgIpc) is 2.39. The van der Waals surface area contributed by atoms with Crippen molar-refractivity contribution in [3.8, 4) is 0 Å². The second kappa shape index (κ2) is 6.14. The fraction of sp³-hybridized carbons (Fsp3) is 0.533. The molecule has 1 fully saturated rings. The van der Waals surface area contributed by atoms with E-state index in [9.17, 15) is 4.79 Å². The van der Waals surface area contributed by atoms with Gasteiger partial charge in [-0.3, -0.25) is 4.79 Å². The van der Waals surface area contributed by atoms with E-state index in [0.717, 1.165) is 28.6 Å². The number of hydrogen-bond donors (Lipinski definition) is 2. The third-order valence-electron chi connectivity index (χ3n) is 4.09. The molecule has 110 valence electrons. The van der Waals surface area contributed by atoms with E-state index >= 15 is 0 Å². The Bertz CT molecular complexity index is 504. The maximum absolute atomic E-state index is 11.4. The van der Waals surface area contributed by atoms with E-state index in [4.69, 9.17) is 11.5 Å². The molecule has 4 nitrogen and oxygen atoms in total. The van der Waals surface area contributed by atoms with Gasteiger partial charge in [0.25, 0.3) is 0 Å². The van der Waals surface area contributed by atoms with Gasteiger partial charge < -0.3 is 16.4 Å². The standard InChI is InChI=1S/C15H22BrN3O/c1-9-3-4-12(15(18)20)8-19(9)14-6-5-11(10(2)17)7-13(14)16/h5-7,9-10,12H,3-4,8,17H2,1-2H3,(H2,18,20). The van der Waals surface area contributed by atoms with Crippen LogP contribution < -0.4 is 16.4 Å². The largest absolute Gasteiger partial charge is 0.369 e. The molecule has 0 bridgehead atoms. The first kappa shape index (κ1) is 15.3. The van der Waals surface area contributed by atoms with Crippen molar-refractivity contribution < 1.29 is 4.79 Å². The van der Waals surface area contributed by atoms with E-state index in [-0.39, 0.29) is 17.9 Å². The van der Waals surface area contributed by atoms with Crippen molar-refractivity contribution in [3.05, 3.63) is 28.2 Å². The van der Waals surface area contributed by atoms with Crippen molar-refractivity contribution in [3.63, 3.8) is 0 Å². The lowest BCUT2D eigenvalue weighted by Crippen LogP contribution is -2.46. The highest BCUT2D eigenvalue weighted by atomic mass is 79.9. The van der Waals surface area contributed by atoms with Crippen LogP contribution in [-0.2, 0) is 4.79 Å². The predicted molar refractivity (Wildman–Crippen MR) is 85.5 cm³/mol. The number of nitrogens with zero attached hydrogens (tertiary/aromatic N) is 1. The van der Waals surface area contributed by atoms with Crippen LogP contribution in [0.25, 0.3) is 0 Å². The van der Waals surface area contributed by atoms with Gasteiger partial charge >= 0.3 is 0 Å². The zero-order valence-corrected chi connectivity index (χ0v) is 13.6. The number of primary amides is 1. The van der Waals surface area contributed by atoms with Gasteiger partial charge in [0, 0.05) is 23.1 Å². The molecule has 1 aromatic rings. The Morgan fingerprint density at radius 1 is 1.45 bits per heavy atom. The number of anilines is 1. The molecular formula is C15H22BrN3O.